The molecule has 0 saturated heterocycles. The largest absolute Gasteiger partial charge is 0.493 e. The van der Waals surface area contributed by atoms with E-state index in [4.69, 9.17) is 9.47 Å². The third kappa shape index (κ3) is 7.91. The van der Waals surface area contributed by atoms with Crippen LogP contribution in [-0.4, -0.2) is 24.9 Å². The van der Waals surface area contributed by atoms with E-state index in [1.807, 2.05) is 19.9 Å². The summed E-state index contributed by atoms with van der Waals surface area (Å²) in [4.78, 5) is 13.1. The van der Waals surface area contributed by atoms with Gasteiger partial charge in [-0.05, 0) is 46.0 Å². The molecule has 1 aliphatic rings. The van der Waals surface area contributed by atoms with Crippen LogP contribution in [0.5, 0.6) is 5.75 Å². The standard InChI is InChI=1S/C19H27BrO3S.C2H6/c1-3-5-6-14(4-2)13-23-19(21)8-10-24-18-11-15-7-9-22-17(15)12-16(18)20;1-2/h11-12,14H,3-10,13H2,1-2H3;1-2H3. The van der Waals surface area contributed by atoms with E-state index in [0.29, 0.717) is 18.9 Å². The molecule has 0 radical (unpaired) electrons. The summed E-state index contributed by atoms with van der Waals surface area (Å²) in [7, 11) is 0. The van der Waals surface area contributed by atoms with Crippen LogP contribution >= 0.6 is 27.7 Å². The maximum absolute atomic E-state index is 11.9. The molecular weight excluding hydrogens is 412 g/mol. The smallest absolute Gasteiger partial charge is 0.306 e. The Balaban J connectivity index is 0.00000163. The SMILES string of the molecule is CC.CCCCC(CC)COC(=O)CCSc1cc2c(cc1Br)OCC2. The van der Waals surface area contributed by atoms with Crippen molar-refractivity contribution in [2.24, 2.45) is 5.92 Å². The Hall–Kier alpha value is -0.680. The molecule has 5 heteroatoms. The van der Waals surface area contributed by atoms with E-state index >= 15 is 0 Å². The van der Waals surface area contributed by atoms with E-state index in [1.165, 1.54) is 23.3 Å². The first-order chi connectivity index (χ1) is 12.6. The molecule has 1 heterocycles. The number of fused-ring (bicyclic) bond motifs is 1. The molecule has 3 nitrogen and oxygen atoms in total. The van der Waals surface area contributed by atoms with Gasteiger partial charge in [0.25, 0.3) is 0 Å². The molecule has 0 N–H and O–H groups in total. The topological polar surface area (TPSA) is 35.5 Å². The van der Waals surface area contributed by atoms with E-state index in [9.17, 15) is 4.79 Å². The fourth-order valence-electron chi connectivity index (χ4n) is 2.71. The maximum atomic E-state index is 11.9. The molecule has 2 rings (SSSR count). The van der Waals surface area contributed by atoms with Gasteiger partial charge in [0.05, 0.1) is 19.6 Å². The van der Waals surface area contributed by atoms with Gasteiger partial charge in [-0.2, -0.15) is 0 Å². The van der Waals surface area contributed by atoms with Crippen molar-refractivity contribution in [3.05, 3.63) is 22.2 Å². The van der Waals surface area contributed by atoms with Gasteiger partial charge in [-0.1, -0.05) is 47.0 Å². The maximum Gasteiger partial charge on any atom is 0.306 e. The zero-order valence-corrected chi connectivity index (χ0v) is 19.0. The van der Waals surface area contributed by atoms with Crippen LogP contribution in [0.3, 0.4) is 0 Å². The van der Waals surface area contributed by atoms with Gasteiger partial charge < -0.3 is 9.47 Å². The lowest BCUT2D eigenvalue weighted by molar-refractivity contribution is -0.144. The number of unbranched alkanes of at least 4 members (excludes halogenated alkanes) is 1. The molecule has 0 saturated carbocycles. The Morgan fingerprint density at radius 3 is 2.81 bits per heavy atom. The number of ether oxygens (including phenoxy) is 2. The molecule has 1 aromatic carbocycles. The molecule has 26 heavy (non-hydrogen) atoms. The highest BCUT2D eigenvalue weighted by Crippen LogP contribution is 2.36. The van der Waals surface area contributed by atoms with Crippen molar-refractivity contribution in [1.29, 1.82) is 0 Å². The number of thioether (sulfide) groups is 1. The fourth-order valence-corrected chi connectivity index (χ4v) is 4.29. The van der Waals surface area contributed by atoms with Crippen molar-refractivity contribution in [3.63, 3.8) is 0 Å². The van der Waals surface area contributed by atoms with Crippen LogP contribution in [-0.2, 0) is 16.0 Å². The van der Waals surface area contributed by atoms with E-state index in [-0.39, 0.29) is 5.97 Å². The van der Waals surface area contributed by atoms with Crippen molar-refractivity contribution in [2.75, 3.05) is 19.0 Å². The summed E-state index contributed by atoms with van der Waals surface area (Å²) in [6.45, 7) is 9.69. The first-order valence-electron chi connectivity index (χ1n) is 9.87. The predicted octanol–water partition coefficient (Wildman–Crippen LogP) is 6.65. The van der Waals surface area contributed by atoms with Gasteiger partial charge in [0.1, 0.15) is 5.75 Å². The zero-order valence-electron chi connectivity index (χ0n) is 16.6. The zero-order chi connectivity index (χ0) is 19.4. The Bertz CT molecular complexity index is 548. The van der Waals surface area contributed by atoms with E-state index in [1.54, 1.807) is 11.8 Å². The monoisotopic (exact) mass is 444 g/mol. The Morgan fingerprint density at radius 1 is 1.35 bits per heavy atom. The van der Waals surface area contributed by atoms with Crippen molar-refractivity contribution in [2.45, 2.75) is 71.1 Å². The molecule has 0 fully saturated rings. The van der Waals surface area contributed by atoms with E-state index in [2.05, 4.69) is 35.8 Å². The first-order valence-corrected chi connectivity index (χ1v) is 11.7. The van der Waals surface area contributed by atoms with Gasteiger partial charge in [0, 0.05) is 21.5 Å². The minimum atomic E-state index is -0.0851. The molecular formula is C21H33BrO3S. The number of hydrogen-bond acceptors (Lipinski definition) is 4. The van der Waals surface area contributed by atoms with Crippen LogP contribution < -0.4 is 4.74 Å². The summed E-state index contributed by atoms with van der Waals surface area (Å²) >= 11 is 5.28. The van der Waals surface area contributed by atoms with Crippen molar-refractivity contribution in [3.8, 4) is 5.75 Å². The first kappa shape index (κ1) is 23.4. The summed E-state index contributed by atoms with van der Waals surface area (Å²) in [5.74, 6) is 2.14. The molecule has 148 valence electrons. The van der Waals surface area contributed by atoms with Crippen LogP contribution in [0.25, 0.3) is 0 Å². The molecule has 0 aliphatic carbocycles. The van der Waals surface area contributed by atoms with Crippen LogP contribution in [0.15, 0.2) is 21.5 Å². The summed E-state index contributed by atoms with van der Waals surface area (Å²) in [5, 5.41) is 0. The molecule has 1 unspecified atom stereocenters. The summed E-state index contributed by atoms with van der Waals surface area (Å²) in [6.07, 6.45) is 6.05. The molecule has 0 spiro atoms. The number of benzene rings is 1. The Labute approximate surface area is 171 Å². The van der Waals surface area contributed by atoms with Gasteiger partial charge >= 0.3 is 5.97 Å². The van der Waals surface area contributed by atoms with Gasteiger partial charge in [-0.3, -0.25) is 4.79 Å². The van der Waals surface area contributed by atoms with E-state index < -0.39 is 0 Å². The quantitative estimate of drug-likeness (QED) is 0.298. The van der Waals surface area contributed by atoms with Crippen LogP contribution in [0.2, 0.25) is 0 Å². The highest BCUT2D eigenvalue weighted by molar-refractivity contribution is 9.10. The third-order valence-corrected chi connectivity index (χ3v) is 6.31. The lowest BCUT2D eigenvalue weighted by atomic mass is 10.0. The lowest BCUT2D eigenvalue weighted by Gasteiger charge is -2.14. The molecule has 1 aromatic rings. The second kappa shape index (κ2) is 13.5. The second-order valence-corrected chi connectivity index (χ2v) is 8.18. The average Bonchev–Trinajstić information content (AvgIpc) is 3.10. The molecule has 0 aromatic heterocycles. The Kier molecular flexibility index (Phi) is 12.1. The number of carbonyl (C=O) groups is 1. The highest BCUT2D eigenvalue weighted by Gasteiger charge is 2.16. The van der Waals surface area contributed by atoms with Crippen LogP contribution in [0.1, 0.15) is 65.4 Å². The van der Waals surface area contributed by atoms with Crippen LogP contribution in [0.4, 0.5) is 0 Å². The summed E-state index contributed by atoms with van der Waals surface area (Å²) < 4.78 is 12.0. The van der Waals surface area contributed by atoms with Crippen LogP contribution in [0, 0.1) is 5.92 Å². The second-order valence-electron chi connectivity index (χ2n) is 6.19. The molecule has 1 atom stereocenters. The number of esters is 1. The lowest BCUT2D eigenvalue weighted by Crippen LogP contribution is -2.14. The summed E-state index contributed by atoms with van der Waals surface area (Å²) in [6, 6.07) is 4.20. The number of carbonyl (C=O) groups excluding carboxylic acids is 1. The molecule has 0 bridgehead atoms. The number of halogens is 1. The molecule has 1 aliphatic heterocycles. The number of rotatable bonds is 10. The van der Waals surface area contributed by atoms with Crippen molar-refractivity contribution in [1.82, 2.24) is 0 Å². The third-order valence-electron chi connectivity index (χ3n) is 4.33. The average molecular weight is 445 g/mol. The highest BCUT2D eigenvalue weighted by atomic mass is 79.9. The Morgan fingerprint density at radius 2 is 2.12 bits per heavy atom. The number of hydrogen-bond donors (Lipinski definition) is 0. The summed E-state index contributed by atoms with van der Waals surface area (Å²) in [5.41, 5.74) is 1.25. The van der Waals surface area contributed by atoms with Gasteiger partial charge in [0.15, 0.2) is 0 Å². The van der Waals surface area contributed by atoms with Crippen molar-refractivity contribution < 1.29 is 14.3 Å². The van der Waals surface area contributed by atoms with Gasteiger partial charge in [-0.25, -0.2) is 0 Å². The molecule has 0 amide bonds. The predicted molar refractivity (Wildman–Crippen MR) is 114 cm³/mol. The van der Waals surface area contributed by atoms with Gasteiger partial charge in [-0.15, -0.1) is 11.8 Å². The minimum absolute atomic E-state index is 0.0851. The fraction of sp³-hybridized carbons (Fsp3) is 0.667. The normalized spacial score (nSPS) is 13.3. The minimum Gasteiger partial charge on any atom is -0.493 e. The van der Waals surface area contributed by atoms with E-state index in [0.717, 1.165) is 41.8 Å². The van der Waals surface area contributed by atoms with Crippen molar-refractivity contribution >= 4 is 33.7 Å². The van der Waals surface area contributed by atoms with Gasteiger partial charge in [0.2, 0.25) is 0 Å².